The average molecular weight is 428 g/mol. The van der Waals surface area contributed by atoms with Crippen molar-refractivity contribution in [2.75, 3.05) is 0 Å². The molecule has 0 heterocycles. The number of hydrogen-bond acceptors (Lipinski definition) is 6. The average Bonchev–Trinajstić information content (AvgIpc) is 3.33. The molecule has 4 rings (SSSR count). The molecule has 2 aliphatic carbocycles. The van der Waals surface area contributed by atoms with E-state index in [0.717, 1.165) is 36.4 Å². The molecule has 0 N–H and O–H groups in total. The Morgan fingerprint density at radius 3 is 1.52 bits per heavy atom. The highest BCUT2D eigenvalue weighted by Crippen LogP contribution is 2.51. The molecule has 0 aromatic heterocycles. The summed E-state index contributed by atoms with van der Waals surface area (Å²) in [6, 6.07) is 6.26. The molecular formula is C21H14F2N2O6. The Morgan fingerprint density at radius 1 is 0.774 bits per heavy atom. The van der Waals surface area contributed by atoms with E-state index in [1.54, 1.807) is 12.2 Å². The third kappa shape index (κ3) is 3.20. The smallest absolute Gasteiger partial charge is 0.294 e. The summed E-state index contributed by atoms with van der Waals surface area (Å²) in [6.45, 7) is 0. The highest BCUT2D eigenvalue weighted by molar-refractivity contribution is 6.09. The molecule has 0 amide bonds. The molecule has 2 aromatic carbocycles. The van der Waals surface area contributed by atoms with Crippen molar-refractivity contribution in [3.8, 4) is 0 Å². The first-order valence-corrected chi connectivity index (χ1v) is 9.35. The van der Waals surface area contributed by atoms with Crippen LogP contribution in [-0.4, -0.2) is 21.4 Å². The van der Waals surface area contributed by atoms with E-state index in [1.165, 1.54) is 0 Å². The fourth-order valence-electron chi connectivity index (χ4n) is 4.70. The summed E-state index contributed by atoms with van der Waals surface area (Å²) < 4.78 is 28.1. The molecular weight excluding hydrogens is 414 g/mol. The summed E-state index contributed by atoms with van der Waals surface area (Å²) in [4.78, 5) is 47.2. The molecule has 1 saturated carbocycles. The second-order valence-electron chi connectivity index (χ2n) is 7.51. The maximum Gasteiger partial charge on any atom is 0.315 e. The molecule has 2 aromatic rings. The molecule has 0 radical (unpaired) electrons. The van der Waals surface area contributed by atoms with Gasteiger partial charge in [0.15, 0.2) is 11.6 Å². The van der Waals surface area contributed by atoms with Crippen molar-refractivity contribution < 1.29 is 28.2 Å². The van der Waals surface area contributed by atoms with Gasteiger partial charge < -0.3 is 0 Å². The van der Waals surface area contributed by atoms with Gasteiger partial charge in [0, 0.05) is 11.8 Å². The number of nitro groups is 2. The van der Waals surface area contributed by atoms with Crippen molar-refractivity contribution in [2.24, 2.45) is 23.7 Å². The zero-order valence-corrected chi connectivity index (χ0v) is 15.7. The summed E-state index contributed by atoms with van der Waals surface area (Å²) in [5.74, 6) is -6.99. The topological polar surface area (TPSA) is 120 Å². The number of nitrogens with zero attached hydrogens (tertiary/aromatic N) is 2. The molecule has 2 aliphatic rings. The van der Waals surface area contributed by atoms with E-state index in [2.05, 4.69) is 0 Å². The fourth-order valence-corrected chi connectivity index (χ4v) is 4.70. The lowest BCUT2D eigenvalue weighted by molar-refractivity contribution is -0.388. The minimum absolute atomic E-state index is 0.388. The molecule has 31 heavy (non-hydrogen) atoms. The number of hydrogen-bond donors (Lipinski definition) is 0. The highest BCUT2D eigenvalue weighted by Gasteiger charge is 2.53. The molecule has 2 bridgehead atoms. The Bertz CT molecular complexity index is 1090. The van der Waals surface area contributed by atoms with E-state index < -0.39 is 79.2 Å². The van der Waals surface area contributed by atoms with Gasteiger partial charge >= 0.3 is 11.4 Å². The number of carbonyl (C=O) groups excluding carboxylic acids is 2. The van der Waals surface area contributed by atoms with Crippen LogP contribution in [0.3, 0.4) is 0 Å². The van der Waals surface area contributed by atoms with Crippen LogP contribution in [0, 0.1) is 55.5 Å². The van der Waals surface area contributed by atoms with Gasteiger partial charge in [0.1, 0.15) is 0 Å². The van der Waals surface area contributed by atoms with Crippen LogP contribution in [0.4, 0.5) is 20.2 Å². The predicted molar refractivity (Wildman–Crippen MR) is 102 cm³/mol. The third-order valence-electron chi connectivity index (χ3n) is 5.93. The standard InChI is InChI=1S/C21H14F2N2O6/c22-14-5-1-3-12(18(14)24(28)29)20(26)16-10-7-8-11(9-10)17(16)21(27)13-4-2-6-15(23)19(13)25(30)31/h1-8,10-11,16-17H,9H2. The maximum atomic E-state index is 14.1. The molecule has 0 saturated heterocycles. The van der Waals surface area contributed by atoms with Crippen LogP contribution in [0.25, 0.3) is 0 Å². The van der Waals surface area contributed by atoms with E-state index >= 15 is 0 Å². The Balaban J connectivity index is 1.80. The minimum atomic E-state index is -1.18. The maximum absolute atomic E-state index is 14.1. The monoisotopic (exact) mass is 428 g/mol. The molecule has 0 aliphatic heterocycles. The summed E-state index contributed by atoms with van der Waals surface area (Å²) in [5, 5.41) is 22.7. The van der Waals surface area contributed by atoms with Crippen LogP contribution >= 0.6 is 0 Å². The Labute approximate surface area is 173 Å². The first kappa shape index (κ1) is 20.5. The highest BCUT2D eigenvalue weighted by atomic mass is 19.1. The molecule has 10 heteroatoms. The number of Topliss-reactive ketones (excluding diaryl/α,β-unsaturated/α-hetero) is 2. The SMILES string of the molecule is O=C(c1cccc(F)c1[N+](=O)[O-])C1C2C=CC(C2)C1C(=O)c1cccc(F)c1[N+](=O)[O-]. The lowest BCUT2D eigenvalue weighted by Gasteiger charge is -2.26. The van der Waals surface area contributed by atoms with Gasteiger partial charge in [-0.25, -0.2) is 0 Å². The number of halogens is 2. The first-order chi connectivity index (χ1) is 14.7. The molecule has 158 valence electrons. The number of rotatable bonds is 6. The minimum Gasteiger partial charge on any atom is -0.294 e. The van der Waals surface area contributed by atoms with E-state index in [0.29, 0.717) is 6.42 Å². The van der Waals surface area contributed by atoms with Gasteiger partial charge in [-0.15, -0.1) is 0 Å². The van der Waals surface area contributed by atoms with Gasteiger partial charge in [-0.05, 0) is 42.5 Å². The molecule has 4 atom stereocenters. The Hall–Kier alpha value is -3.82. The molecule has 1 fully saturated rings. The Morgan fingerprint density at radius 2 is 1.16 bits per heavy atom. The van der Waals surface area contributed by atoms with Crippen molar-refractivity contribution in [3.05, 3.63) is 91.5 Å². The van der Waals surface area contributed by atoms with Gasteiger partial charge in [0.05, 0.1) is 21.0 Å². The third-order valence-corrected chi connectivity index (χ3v) is 5.93. The van der Waals surface area contributed by atoms with Crippen LogP contribution in [0.1, 0.15) is 27.1 Å². The number of allylic oxidation sites excluding steroid dienone is 2. The quantitative estimate of drug-likeness (QED) is 0.293. The second-order valence-corrected chi connectivity index (χ2v) is 7.51. The van der Waals surface area contributed by atoms with Crippen molar-refractivity contribution in [3.63, 3.8) is 0 Å². The van der Waals surface area contributed by atoms with Gasteiger partial charge in [0.2, 0.25) is 11.6 Å². The van der Waals surface area contributed by atoms with Crippen LogP contribution in [0.5, 0.6) is 0 Å². The summed E-state index contributed by atoms with van der Waals surface area (Å²) in [6.07, 6.45) is 3.81. The first-order valence-electron chi connectivity index (χ1n) is 9.35. The molecule has 8 nitrogen and oxygen atoms in total. The van der Waals surface area contributed by atoms with E-state index in [-0.39, 0.29) is 0 Å². The predicted octanol–water partition coefficient (Wildman–Crippen LogP) is 4.29. The van der Waals surface area contributed by atoms with Crippen molar-refractivity contribution >= 4 is 22.9 Å². The number of ketones is 2. The van der Waals surface area contributed by atoms with Crippen LogP contribution in [0.2, 0.25) is 0 Å². The van der Waals surface area contributed by atoms with Gasteiger partial charge in [-0.3, -0.25) is 29.8 Å². The number of para-hydroxylation sites is 2. The lowest BCUT2D eigenvalue weighted by atomic mass is 9.74. The van der Waals surface area contributed by atoms with Crippen LogP contribution in [-0.2, 0) is 0 Å². The number of benzene rings is 2. The summed E-state index contributed by atoms with van der Waals surface area (Å²) in [7, 11) is 0. The van der Waals surface area contributed by atoms with E-state index in [1.807, 2.05) is 0 Å². The summed E-state index contributed by atoms with van der Waals surface area (Å²) in [5.41, 5.74) is -2.91. The zero-order chi connectivity index (χ0) is 22.4. The summed E-state index contributed by atoms with van der Waals surface area (Å²) >= 11 is 0. The number of carbonyl (C=O) groups is 2. The normalized spacial score (nSPS) is 23.7. The van der Waals surface area contributed by atoms with Crippen molar-refractivity contribution in [2.45, 2.75) is 6.42 Å². The van der Waals surface area contributed by atoms with E-state index in [4.69, 9.17) is 0 Å². The fraction of sp³-hybridized carbons (Fsp3) is 0.238. The largest absolute Gasteiger partial charge is 0.315 e. The number of fused-ring (bicyclic) bond motifs is 2. The van der Waals surface area contributed by atoms with Crippen LogP contribution in [0.15, 0.2) is 48.6 Å². The lowest BCUT2D eigenvalue weighted by Crippen LogP contribution is -2.34. The van der Waals surface area contributed by atoms with Crippen molar-refractivity contribution in [1.82, 2.24) is 0 Å². The molecule has 4 unspecified atom stereocenters. The van der Waals surface area contributed by atoms with Gasteiger partial charge in [-0.1, -0.05) is 24.3 Å². The molecule has 0 spiro atoms. The zero-order valence-electron chi connectivity index (χ0n) is 15.7. The second kappa shape index (κ2) is 7.46. The van der Waals surface area contributed by atoms with Crippen molar-refractivity contribution in [1.29, 1.82) is 0 Å². The number of nitro benzene ring substituents is 2. The Kier molecular flexibility index (Phi) is 4.92. The van der Waals surface area contributed by atoms with Crippen LogP contribution < -0.4 is 0 Å². The van der Waals surface area contributed by atoms with E-state index in [9.17, 15) is 38.6 Å². The van der Waals surface area contributed by atoms with Gasteiger partial charge in [0.25, 0.3) is 0 Å². The van der Waals surface area contributed by atoms with Gasteiger partial charge in [-0.2, -0.15) is 8.78 Å².